The van der Waals surface area contributed by atoms with Crippen LogP contribution in [0.4, 0.5) is 0 Å². The highest BCUT2D eigenvalue weighted by Gasteiger charge is 2.26. The zero-order valence-electron chi connectivity index (χ0n) is 8.11. The lowest BCUT2D eigenvalue weighted by Crippen LogP contribution is -2.17. The molecule has 13 heavy (non-hydrogen) atoms. The molecule has 1 aliphatic carbocycles. The second-order valence-corrected chi connectivity index (χ2v) is 4.05. The summed E-state index contributed by atoms with van der Waals surface area (Å²) in [4.78, 5) is 4.18. The number of imidazole rings is 1. The van der Waals surface area contributed by atoms with Crippen LogP contribution < -0.4 is 5.73 Å². The minimum absolute atomic E-state index is 0.287. The SMILES string of the molecule is CC(N)CCn1cncc1C1CC1. The molecule has 0 radical (unpaired) electrons. The zero-order chi connectivity index (χ0) is 9.26. The Balaban J connectivity index is 1.98. The van der Waals surface area contributed by atoms with Gasteiger partial charge in [-0.05, 0) is 26.2 Å². The number of rotatable bonds is 4. The van der Waals surface area contributed by atoms with Crippen LogP contribution in [0.5, 0.6) is 0 Å². The summed E-state index contributed by atoms with van der Waals surface area (Å²) >= 11 is 0. The van der Waals surface area contributed by atoms with Crippen molar-refractivity contribution in [3.63, 3.8) is 0 Å². The van der Waals surface area contributed by atoms with Gasteiger partial charge in [0.15, 0.2) is 0 Å². The van der Waals surface area contributed by atoms with Gasteiger partial charge in [0.2, 0.25) is 0 Å². The normalized spacial score (nSPS) is 18.9. The van der Waals surface area contributed by atoms with Crippen LogP contribution in [0.3, 0.4) is 0 Å². The van der Waals surface area contributed by atoms with E-state index in [1.54, 1.807) is 0 Å². The van der Waals surface area contributed by atoms with Crippen molar-refractivity contribution in [1.29, 1.82) is 0 Å². The second kappa shape index (κ2) is 3.50. The average Bonchev–Trinajstić information content (AvgIpc) is 2.82. The van der Waals surface area contributed by atoms with E-state index in [0.29, 0.717) is 0 Å². The Labute approximate surface area is 79.0 Å². The van der Waals surface area contributed by atoms with E-state index in [1.165, 1.54) is 18.5 Å². The molecule has 0 spiro atoms. The summed E-state index contributed by atoms with van der Waals surface area (Å²) in [7, 11) is 0. The fourth-order valence-electron chi connectivity index (χ4n) is 1.58. The molecule has 1 heterocycles. The lowest BCUT2D eigenvalue weighted by atomic mass is 10.2. The molecule has 2 rings (SSSR count). The van der Waals surface area contributed by atoms with Crippen molar-refractivity contribution in [2.45, 2.75) is 44.7 Å². The third kappa shape index (κ3) is 2.10. The number of aromatic nitrogens is 2. The average molecular weight is 179 g/mol. The highest BCUT2D eigenvalue weighted by molar-refractivity contribution is 5.12. The molecule has 0 amide bonds. The topological polar surface area (TPSA) is 43.8 Å². The first-order chi connectivity index (χ1) is 6.27. The molecule has 0 bridgehead atoms. The van der Waals surface area contributed by atoms with Gasteiger partial charge in [-0.25, -0.2) is 4.98 Å². The van der Waals surface area contributed by atoms with E-state index in [0.717, 1.165) is 18.9 Å². The third-order valence-corrected chi connectivity index (χ3v) is 2.57. The molecule has 72 valence electrons. The molecule has 3 nitrogen and oxygen atoms in total. The fraction of sp³-hybridized carbons (Fsp3) is 0.700. The first kappa shape index (κ1) is 8.75. The maximum atomic E-state index is 5.72. The molecular weight excluding hydrogens is 162 g/mol. The van der Waals surface area contributed by atoms with E-state index >= 15 is 0 Å². The molecule has 1 unspecified atom stereocenters. The van der Waals surface area contributed by atoms with E-state index in [1.807, 2.05) is 19.4 Å². The summed E-state index contributed by atoms with van der Waals surface area (Å²) in [6, 6.07) is 0.287. The van der Waals surface area contributed by atoms with Crippen LogP contribution in [0.1, 0.15) is 37.8 Å². The summed E-state index contributed by atoms with van der Waals surface area (Å²) in [6.07, 6.45) is 7.64. The third-order valence-electron chi connectivity index (χ3n) is 2.57. The molecule has 1 aromatic rings. The molecular formula is C10H17N3. The van der Waals surface area contributed by atoms with E-state index in [9.17, 15) is 0 Å². The largest absolute Gasteiger partial charge is 0.334 e. The van der Waals surface area contributed by atoms with Crippen molar-refractivity contribution >= 4 is 0 Å². The number of nitrogens with zero attached hydrogens (tertiary/aromatic N) is 2. The molecule has 1 fully saturated rings. The van der Waals surface area contributed by atoms with E-state index < -0.39 is 0 Å². The van der Waals surface area contributed by atoms with Crippen molar-refractivity contribution in [2.75, 3.05) is 0 Å². The summed E-state index contributed by atoms with van der Waals surface area (Å²) in [5.41, 5.74) is 7.12. The molecule has 3 heteroatoms. The Kier molecular flexibility index (Phi) is 2.36. The van der Waals surface area contributed by atoms with Crippen molar-refractivity contribution < 1.29 is 0 Å². The smallest absolute Gasteiger partial charge is 0.0948 e. The van der Waals surface area contributed by atoms with Crippen LogP contribution in [0, 0.1) is 0 Å². The van der Waals surface area contributed by atoms with Gasteiger partial charge in [-0.1, -0.05) is 0 Å². The lowest BCUT2D eigenvalue weighted by Gasteiger charge is -2.08. The molecule has 1 atom stereocenters. The van der Waals surface area contributed by atoms with Gasteiger partial charge < -0.3 is 10.3 Å². The van der Waals surface area contributed by atoms with Gasteiger partial charge in [0, 0.05) is 30.4 Å². The first-order valence-electron chi connectivity index (χ1n) is 5.03. The number of nitrogens with two attached hydrogens (primary N) is 1. The van der Waals surface area contributed by atoms with E-state index in [-0.39, 0.29) is 6.04 Å². The summed E-state index contributed by atoms with van der Waals surface area (Å²) in [5, 5.41) is 0. The van der Waals surface area contributed by atoms with Crippen LogP contribution in [-0.2, 0) is 6.54 Å². The predicted molar refractivity (Wildman–Crippen MR) is 52.5 cm³/mol. The van der Waals surface area contributed by atoms with Crippen LogP contribution >= 0.6 is 0 Å². The molecule has 2 N–H and O–H groups in total. The standard InChI is InChI=1S/C10H17N3/c1-8(11)4-5-13-7-12-6-10(13)9-2-3-9/h6-9H,2-5,11H2,1H3. The molecule has 0 aromatic carbocycles. The zero-order valence-corrected chi connectivity index (χ0v) is 8.11. The van der Waals surface area contributed by atoms with Crippen LogP contribution in [0.2, 0.25) is 0 Å². The van der Waals surface area contributed by atoms with Gasteiger partial charge in [0.25, 0.3) is 0 Å². The lowest BCUT2D eigenvalue weighted by molar-refractivity contribution is 0.557. The Morgan fingerprint density at radius 3 is 3.08 bits per heavy atom. The van der Waals surface area contributed by atoms with Crippen molar-refractivity contribution in [1.82, 2.24) is 9.55 Å². The quantitative estimate of drug-likeness (QED) is 0.761. The van der Waals surface area contributed by atoms with Crippen LogP contribution in [0.25, 0.3) is 0 Å². The van der Waals surface area contributed by atoms with Crippen molar-refractivity contribution in [3.05, 3.63) is 18.2 Å². The Morgan fingerprint density at radius 1 is 1.69 bits per heavy atom. The van der Waals surface area contributed by atoms with Gasteiger partial charge in [0.1, 0.15) is 0 Å². The van der Waals surface area contributed by atoms with Gasteiger partial charge in [-0.2, -0.15) is 0 Å². The van der Waals surface area contributed by atoms with Crippen molar-refractivity contribution in [3.8, 4) is 0 Å². The van der Waals surface area contributed by atoms with Crippen LogP contribution in [0.15, 0.2) is 12.5 Å². The molecule has 0 saturated heterocycles. The molecule has 1 saturated carbocycles. The highest BCUT2D eigenvalue weighted by atomic mass is 15.1. The number of aryl methyl sites for hydroxylation is 1. The summed E-state index contributed by atoms with van der Waals surface area (Å²) < 4.78 is 2.25. The number of hydrogen-bond donors (Lipinski definition) is 1. The Bertz CT molecular complexity index is 273. The minimum Gasteiger partial charge on any atom is -0.334 e. The first-order valence-corrected chi connectivity index (χ1v) is 5.03. The maximum Gasteiger partial charge on any atom is 0.0948 e. The van der Waals surface area contributed by atoms with Gasteiger partial charge >= 0.3 is 0 Å². The highest BCUT2D eigenvalue weighted by Crippen LogP contribution is 2.39. The monoisotopic (exact) mass is 179 g/mol. The van der Waals surface area contributed by atoms with Gasteiger partial charge in [0.05, 0.1) is 6.33 Å². The van der Waals surface area contributed by atoms with Crippen LogP contribution in [-0.4, -0.2) is 15.6 Å². The molecule has 1 aliphatic rings. The maximum absolute atomic E-state index is 5.72. The van der Waals surface area contributed by atoms with Crippen molar-refractivity contribution in [2.24, 2.45) is 5.73 Å². The number of hydrogen-bond acceptors (Lipinski definition) is 2. The van der Waals surface area contributed by atoms with Gasteiger partial charge in [-0.3, -0.25) is 0 Å². The Hall–Kier alpha value is -0.830. The van der Waals surface area contributed by atoms with E-state index in [4.69, 9.17) is 5.73 Å². The summed E-state index contributed by atoms with van der Waals surface area (Å²) in [5.74, 6) is 0.788. The van der Waals surface area contributed by atoms with E-state index in [2.05, 4.69) is 9.55 Å². The molecule has 0 aliphatic heterocycles. The Morgan fingerprint density at radius 2 is 2.46 bits per heavy atom. The predicted octanol–water partition coefficient (Wildman–Crippen LogP) is 1.50. The summed E-state index contributed by atoms with van der Waals surface area (Å²) in [6.45, 7) is 3.07. The van der Waals surface area contributed by atoms with Gasteiger partial charge in [-0.15, -0.1) is 0 Å². The second-order valence-electron chi connectivity index (χ2n) is 4.05. The molecule has 1 aromatic heterocycles. The minimum atomic E-state index is 0.287. The fourth-order valence-corrected chi connectivity index (χ4v) is 1.58.